The van der Waals surface area contributed by atoms with Crippen LogP contribution in [0.25, 0.3) is 11.0 Å². The van der Waals surface area contributed by atoms with Crippen molar-refractivity contribution >= 4 is 39.8 Å². The maximum absolute atomic E-state index is 6.07. The first kappa shape index (κ1) is 13.9. The molecule has 0 atom stereocenters. The Kier molecular flexibility index (Phi) is 3.77. The van der Waals surface area contributed by atoms with Gasteiger partial charge in [-0.2, -0.15) is 0 Å². The molecule has 0 radical (unpaired) electrons. The van der Waals surface area contributed by atoms with E-state index in [0.717, 1.165) is 10.9 Å². The summed E-state index contributed by atoms with van der Waals surface area (Å²) in [7, 11) is 0. The van der Waals surface area contributed by atoms with Crippen LogP contribution < -0.4 is 10.5 Å². The minimum atomic E-state index is 0.155. The van der Waals surface area contributed by atoms with Gasteiger partial charge in [0.2, 0.25) is 5.76 Å². The highest BCUT2D eigenvalue weighted by molar-refractivity contribution is 7.80. The molecule has 0 aliphatic heterocycles. The Labute approximate surface area is 131 Å². The van der Waals surface area contributed by atoms with E-state index in [2.05, 4.69) is 4.98 Å². The molecule has 0 aliphatic rings. The summed E-state index contributed by atoms with van der Waals surface area (Å²) < 4.78 is 11.5. The van der Waals surface area contributed by atoms with Gasteiger partial charge >= 0.3 is 0 Å². The zero-order chi connectivity index (χ0) is 14.8. The van der Waals surface area contributed by atoms with Crippen molar-refractivity contribution in [3.05, 3.63) is 59.1 Å². The molecule has 3 rings (SSSR count). The van der Waals surface area contributed by atoms with Crippen LogP contribution in [0.2, 0.25) is 5.02 Å². The van der Waals surface area contributed by atoms with E-state index < -0.39 is 0 Å². The van der Waals surface area contributed by atoms with Crippen molar-refractivity contribution in [3.8, 4) is 5.75 Å². The van der Waals surface area contributed by atoms with Crippen LogP contribution in [0.15, 0.2) is 47.1 Å². The number of pyridine rings is 1. The second-order valence-electron chi connectivity index (χ2n) is 4.38. The number of furan rings is 1. The molecule has 2 aromatic heterocycles. The zero-order valence-electron chi connectivity index (χ0n) is 10.9. The second kappa shape index (κ2) is 5.71. The van der Waals surface area contributed by atoms with E-state index >= 15 is 0 Å². The maximum atomic E-state index is 6.07. The predicted molar refractivity (Wildman–Crippen MR) is 85.7 cm³/mol. The Bertz CT molecular complexity index is 816. The topological polar surface area (TPSA) is 61.3 Å². The smallest absolute Gasteiger partial charge is 0.204 e. The average molecular weight is 319 g/mol. The van der Waals surface area contributed by atoms with E-state index in [4.69, 9.17) is 38.7 Å². The minimum absolute atomic E-state index is 0.155. The van der Waals surface area contributed by atoms with Gasteiger partial charge in [0.25, 0.3) is 0 Å². The third-order valence-corrected chi connectivity index (χ3v) is 3.53. The second-order valence-corrected chi connectivity index (χ2v) is 5.22. The van der Waals surface area contributed by atoms with Gasteiger partial charge in [0.15, 0.2) is 5.75 Å². The molecule has 6 heteroatoms. The number of aromatic nitrogens is 1. The quantitative estimate of drug-likeness (QED) is 0.743. The molecule has 4 nitrogen and oxygen atoms in total. The first-order chi connectivity index (χ1) is 10.2. The maximum Gasteiger partial charge on any atom is 0.204 e. The van der Waals surface area contributed by atoms with Crippen LogP contribution >= 0.6 is 23.8 Å². The van der Waals surface area contributed by atoms with Crippen molar-refractivity contribution in [2.24, 2.45) is 5.73 Å². The Balaban J connectivity index is 1.98. The SMILES string of the molecule is NC(=S)c1oc2ccccc2c1OCc1ccncc1Cl. The van der Waals surface area contributed by atoms with E-state index in [9.17, 15) is 0 Å². The largest absolute Gasteiger partial charge is 0.484 e. The number of thiocarbonyl (C=S) groups is 1. The van der Waals surface area contributed by atoms with Crippen LogP contribution in [0.4, 0.5) is 0 Å². The lowest BCUT2D eigenvalue weighted by Gasteiger charge is -2.07. The molecule has 21 heavy (non-hydrogen) atoms. The Morgan fingerprint density at radius 3 is 2.90 bits per heavy atom. The van der Waals surface area contributed by atoms with Gasteiger partial charge in [-0.15, -0.1) is 0 Å². The molecule has 0 aliphatic carbocycles. The van der Waals surface area contributed by atoms with Crippen LogP contribution in [0, 0.1) is 0 Å². The number of rotatable bonds is 4. The molecule has 0 saturated carbocycles. The number of para-hydroxylation sites is 1. The number of hydrogen-bond donors (Lipinski definition) is 1. The van der Waals surface area contributed by atoms with Crippen molar-refractivity contribution in [1.82, 2.24) is 4.98 Å². The normalized spacial score (nSPS) is 10.7. The van der Waals surface area contributed by atoms with E-state index in [1.807, 2.05) is 24.3 Å². The summed E-state index contributed by atoms with van der Waals surface area (Å²) in [4.78, 5) is 4.09. The number of hydrogen-bond acceptors (Lipinski definition) is 4. The lowest BCUT2D eigenvalue weighted by molar-refractivity contribution is 0.304. The monoisotopic (exact) mass is 318 g/mol. The van der Waals surface area contributed by atoms with Gasteiger partial charge < -0.3 is 14.9 Å². The molecule has 0 saturated heterocycles. The molecule has 0 amide bonds. The highest BCUT2D eigenvalue weighted by Crippen LogP contribution is 2.33. The fourth-order valence-corrected chi connectivity index (χ4v) is 2.31. The molecule has 0 fully saturated rings. The summed E-state index contributed by atoms with van der Waals surface area (Å²) in [5, 5.41) is 1.37. The lowest BCUT2D eigenvalue weighted by Crippen LogP contribution is -2.10. The number of fused-ring (bicyclic) bond motifs is 1. The Hall–Kier alpha value is -2.11. The summed E-state index contributed by atoms with van der Waals surface area (Å²) in [6.45, 7) is 0.278. The molecule has 1 aromatic carbocycles. The van der Waals surface area contributed by atoms with Crippen LogP contribution in [0.1, 0.15) is 11.3 Å². The van der Waals surface area contributed by atoms with Crippen molar-refractivity contribution in [2.75, 3.05) is 0 Å². The molecular formula is C15H11ClN2O2S. The van der Waals surface area contributed by atoms with E-state index in [1.165, 1.54) is 0 Å². The Morgan fingerprint density at radius 2 is 2.14 bits per heavy atom. The molecule has 2 heterocycles. The van der Waals surface area contributed by atoms with Gasteiger partial charge in [0.1, 0.15) is 17.2 Å². The Morgan fingerprint density at radius 1 is 1.33 bits per heavy atom. The summed E-state index contributed by atoms with van der Waals surface area (Å²) in [6, 6.07) is 9.30. The van der Waals surface area contributed by atoms with Gasteiger partial charge in [0, 0.05) is 18.0 Å². The van der Waals surface area contributed by atoms with Crippen molar-refractivity contribution in [3.63, 3.8) is 0 Å². The summed E-state index contributed by atoms with van der Waals surface area (Å²) in [6.07, 6.45) is 3.23. The number of halogens is 1. The van der Waals surface area contributed by atoms with Crippen LogP contribution in [0.5, 0.6) is 5.75 Å². The van der Waals surface area contributed by atoms with Crippen molar-refractivity contribution in [1.29, 1.82) is 0 Å². The molecule has 2 N–H and O–H groups in total. The van der Waals surface area contributed by atoms with Gasteiger partial charge in [-0.3, -0.25) is 4.98 Å². The number of nitrogens with zero attached hydrogens (tertiary/aromatic N) is 1. The molecule has 106 valence electrons. The highest BCUT2D eigenvalue weighted by atomic mass is 35.5. The first-order valence-corrected chi connectivity index (χ1v) is 6.98. The molecular weight excluding hydrogens is 308 g/mol. The zero-order valence-corrected chi connectivity index (χ0v) is 12.4. The van der Waals surface area contributed by atoms with E-state index in [-0.39, 0.29) is 11.6 Å². The summed E-state index contributed by atoms with van der Waals surface area (Å²) in [5.74, 6) is 0.905. The van der Waals surface area contributed by atoms with Crippen LogP contribution in [-0.4, -0.2) is 9.97 Å². The third kappa shape index (κ3) is 2.70. The highest BCUT2D eigenvalue weighted by Gasteiger charge is 2.17. The number of benzene rings is 1. The average Bonchev–Trinajstić information content (AvgIpc) is 2.85. The molecule has 0 bridgehead atoms. The van der Waals surface area contributed by atoms with Gasteiger partial charge in [-0.1, -0.05) is 36.0 Å². The van der Waals surface area contributed by atoms with E-state index in [0.29, 0.717) is 22.1 Å². The molecule has 3 aromatic rings. The predicted octanol–water partition coefficient (Wildman–Crippen LogP) is 3.69. The molecule has 0 spiro atoms. The number of nitrogens with two attached hydrogens (primary N) is 1. The fraction of sp³-hybridized carbons (Fsp3) is 0.0667. The van der Waals surface area contributed by atoms with E-state index in [1.54, 1.807) is 18.5 Å². The van der Waals surface area contributed by atoms with Crippen LogP contribution in [-0.2, 0) is 6.61 Å². The van der Waals surface area contributed by atoms with Gasteiger partial charge in [-0.25, -0.2) is 0 Å². The van der Waals surface area contributed by atoms with Crippen molar-refractivity contribution < 1.29 is 9.15 Å². The standard InChI is InChI=1S/C15H11ClN2O2S/c16-11-7-18-6-5-9(11)8-19-13-10-3-1-2-4-12(10)20-14(13)15(17)21/h1-7H,8H2,(H2,17,21). The first-order valence-electron chi connectivity index (χ1n) is 6.19. The molecule has 0 unspecified atom stereocenters. The lowest BCUT2D eigenvalue weighted by atomic mass is 10.2. The van der Waals surface area contributed by atoms with Gasteiger partial charge in [0.05, 0.1) is 10.4 Å². The summed E-state index contributed by atoms with van der Waals surface area (Å²) >= 11 is 11.1. The fourth-order valence-electron chi connectivity index (χ4n) is 2.00. The summed E-state index contributed by atoms with van der Waals surface area (Å²) in [5.41, 5.74) is 7.20. The van der Waals surface area contributed by atoms with Gasteiger partial charge in [-0.05, 0) is 18.2 Å². The van der Waals surface area contributed by atoms with Crippen molar-refractivity contribution in [2.45, 2.75) is 6.61 Å². The number of ether oxygens (including phenoxy) is 1. The minimum Gasteiger partial charge on any atom is -0.484 e. The third-order valence-electron chi connectivity index (χ3n) is 3.00. The van der Waals surface area contributed by atoms with Crippen LogP contribution in [0.3, 0.4) is 0 Å².